The second-order valence-corrected chi connectivity index (χ2v) is 5.47. The van der Waals surface area contributed by atoms with Crippen molar-refractivity contribution in [1.82, 2.24) is 9.55 Å². The van der Waals surface area contributed by atoms with Crippen LogP contribution in [0.3, 0.4) is 0 Å². The van der Waals surface area contributed by atoms with Crippen molar-refractivity contribution in [2.75, 3.05) is 0 Å². The first-order valence-electron chi connectivity index (χ1n) is 6.63. The van der Waals surface area contributed by atoms with Gasteiger partial charge in [0.1, 0.15) is 0 Å². The first-order chi connectivity index (χ1) is 11.1. The van der Waals surface area contributed by atoms with E-state index < -0.39 is 0 Å². The minimum absolute atomic E-state index is 0.149. The number of nitrogens with zero attached hydrogens (tertiary/aromatic N) is 4. The highest BCUT2D eigenvalue weighted by atomic mass is 35.5. The van der Waals surface area contributed by atoms with Gasteiger partial charge in [0, 0.05) is 10.6 Å². The molecular weight excluding hydrogens is 316 g/mol. The molecule has 7 heteroatoms. The van der Waals surface area contributed by atoms with Crippen LogP contribution < -0.4 is 5.56 Å². The maximum Gasteiger partial charge on any atom is 0.266 e. The third-order valence-corrected chi connectivity index (χ3v) is 4.00. The number of fused-ring (bicyclic) bond motifs is 4. The second kappa shape index (κ2) is 4.66. The predicted octanol–water partition coefficient (Wildman–Crippen LogP) is 2.45. The molecule has 0 atom stereocenters. The maximum atomic E-state index is 12.8. The lowest BCUT2D eigenvalue weighted by molar-refractivity contribution is 0.319. The zero-order valence-electron chi connectivity index (χ0n) is 11.5. The Bertz CT molecular complexity index is 1130. The van der Waals surface area contributed by atoms with Gasteiger partial charge in [0.05, 0.1) is 28.2 Å². The molecular formula is C16H7ClN4O2. The van der Waals surface area contributed by atoms with Gasteiger partial charge in [0.25, 0.3) is 5.56 Å². The number of hydrogen-bond donors (Lipinski definition) is 1. The number of halogens is 1. The van der Waals surface area contributed by atoms with Crippen LogP contribution in [0.4, 0.5) is 0 Å². The monoisotopic (exact) mass is 322 g/mol. The van der Waals surface area contributed by atoms with Crippen molar-refractivity contribution in [2.45, 2.75) is 0 Å². The van der Waals surface area contributed by atoms with E-state index >= 15 is 0 Å². The molecule has 1 N–H and O–H groups in total. The normalized spacial score (nSPS) is 13.8. The molecule has 2 heterocycles. The molecule has 0 saturated heterocycles. The van der Waals surface area contributed by atoms with Crippen LogP contribution in [0.25, 0.3) is 16.6 Å². The smallest absolute Gasteiger partial charge is 0.266 e. The highest BCUT2D eigenvalue weighted by Crippen LogP contribution is 2.28. The van der Waals surface area contributed by atoms with Crippen LogP contribution in [0.2, 0.25) is 5.02 Å². The van der Waals surface area contributed by atoms with Gasteiger partial charge in [0.2, 0.25) is 0 Å². The molecule has 0 radical (unpaired) electrons. The van der Waals surface area contributed by atoms with Crippen LogP contribution in [-0.2, 0) is 0 Å². The number of rotatable bonds is 0. The van der Waals surface area contributed by atoms with E-state index in [-0.39, 0.29) is 17.1 Å². The van der Waals surface area contributed by atoms with Crippen molar-refractivity contribution in [3.05, 3.63) is 68.7 Å². The molecule has 0 unspecified atom stereocenters. The van der Waals surface area contributed by atoms with Gasteiger partial charge >= 0.3 is 0 Å². The Morgan fingerprint density at radius 2 is 2.09 bits per heavy atom. The summed E-state index contributed by atoms with van der Waals surface area (Å²) in [4.78, 5) is 17.2. The number of hydrogen-bond acceptors (Lipinski definition) is 5. The first kappa shape index (κ1) is 13.5. The van der Waals surface area contributed by atoms with Crippen LogP contribution in [0.15, 0.2) is 46.3 Å². The van der Waals surface area contributed by atoms with E-state index in [1.54, 1.807) is 36.4 Å². The van der Waals surface area contributed by atoms with Crippen LogP contribution in [0.1, 0.15) is 17.0 Å². The molecule has 1 aromatic heterocycles. The zero-order chi connectivity index (χ0) is 16.1. The van der Waals surface area contributed by atoms with E-state index in [0.717, 1.165) is 0 Å². The first-order valence-corrected chi connectivity index (χ1v) is 7.01. The van der Waals surface area contributed by atoms with Gasteiger partial charge in [-0.3, -0.25) is 9.36 Å². The fourth-order valence-electron chi connectivity index (χ4n) is 2.75. The number of nitriles is 1. The van der Waals surface area contributed by atoms with E-state index in [4.69, 9.17) is 16.9 Å². The minimum Gasteiger partial charge on any atom is -0.410 e. The quantitative estimate of drug-likeness (QED) is 0.397. The molecule has 0 aliphatic carbocycles. The number of aromatic nitrogens is 2. The molecule has 23 heavy (non-hydrogen) atoms. The van der Waals surface area contributed by atoms with Gasteiger partial charge in [-0.15, -0.1) is 0 Å². The lowest BCUT2D eigenvalue weighted by Crippen LogP contribution is -2.21. The van der Waals surface area contributed by atoms with Crippen LogP contribution in [0, 0.1) is 11.3 Å². The Balaban J connectivity index is 2.16. The van der Waals surface area contributed by atoms with Crippen molar-refractivity contribution >= 4 is 28.2 Å². The Morgan fingerprint density at radius 3 is 2.83 bits per heavy atom. The summed E-state index contributed by atoms with van der Waals surface area (Å²) in [5.41, 5.74) is 1.70. The molecule has 4 rings (SSSR count). The van der Waals surface area contributed by atoms with Crippen LogP contribution in [-0.4, -0.2) is 20.5 Å². The van der Waals surface area contributed by atoms with E-state index in [1.165, 1.54) is 4.57 Å². The lowest BCUT2D eigenvalue weighted by Gasteiger charge is -2.06. The fourth-order valence-corrected chi connectivity index (χ4v) is 2.92. The Labute approximate surface area is 134 Å². The number of oxime groups is 1. The summed E-state index contributed by atoms with van der Waals surface area (Å²) >= 11 is 5.96. The van der Waals surface area contributed by atoms with E-state index in [2.05, 4.69) is 10.1 Å². The molecule has 0 bridgehead atoms. The number of benzene rings is 2. The van der Waals surface area contributed by atoms with Crippen molar-refractivity contribution in [1.29, 1.82) is 5.26 Å². The van der Waals surface area contributed by atoms with E-state index in [9.17, 15) is 10.0 Å². The van der Waals surface area contributed by atoms with E-state index in [1.807, 2.05) is 6.07 Å². The highest BCUT2D eigenvalue weighted by Gasteiger charge is 2.29. The molecule has 1 aliphatic rings. The van der Waals surface area contributed by atoms with Gasteiger partial charge < -0.3 is 5.21 Å². The summed E-state index contributed by atoms with van der Waals surface area (Å²) in [5.74, 6) is 0.220. The molecule has 0 spiro atoms. The topological polar surface area (TPSA) is 91.3 Å². The van der Waals surface area contributed by atoms with Crippen LogP contribution in [0.5, 0.6) is 0 Å². The van der Waals surface area contributed by atoms with Gasteiger partial charge in [-0.25, -0.2) is 4.98 Å². The molecule has 6 nitrogen and oxygen atoms in total. The molecule has 3 aromatic rings. The summed E-state index contributed by atoms with van der Waals surface area (Å²) in [6, 6.07) is 11.6. The molecule has 0 amide bonds. The zero-order valence-corrected chi connectivity index (χ0v) is 12.2. The summed E-state index contributed by atoms with van der Waals surface area (Å²) < 4.78 is 1.38. The molecule has 110 valence electrons. The van der Waals surface area contributed by atoms with Crippen molar-refractivity contribution in [2.24, 2.45) is 5.16 Å². The van der Waals surface area contributed by atoms with Crippen molar-refractivity contribution in [3.8, 4) is 11.8 Å². The minimum atomic E-state index is -0.286. The predicted molar refractivity (Wildman–Crippen MR) is 84.5 cm³/mol. The Morgan fingerprint density at radius 1 is 1.26 bits per heavy atom. The largest absolute Gasteiger partial charge is 0.410 e. The van der Waals surface area contributed by atoms with Gasteiger partial charge in [-0.1, -0.05) is 16.8 Å². The second-order valence-electron chi connectivity index (χ2n) is 5.03. The molecule has 2 aromatic carbocycles. The Hall–Kier alpha value is -3.17. The highest BCUT2D eigenvalue weighted by molar-refractivity contribution is 6.31. The van der Waals surface area contributed by atoms with Crippen molar-refractivity contribution in [3.63, 3.8) is 0 Å². The average molecular weight is 323 g/mol. The summed E-state index contributed by atoms with van der Waals surface area (Å²) in [7, 11) is 0. The van der Waals surface area contributed by atoms with Gasteiger partial charge in [-0.05, 0) is 36.4 Å². The summed E-state index contributed by atoms with van der Waals surface area (Å²) in [6.07, 6.45) is 0. The molecule has 1 aliphatic heterocycles. The third kappa shape index (κ3) is 1.77. The van der Waals surface area contributed by atoms with E-state index in [0.29, 0.717) is 32.7 Å². The van der Waals surface area contributed by atoms with Crippen molar-refractivity contribution < 1.29 is 5.21 Å². The lowest BCUT2D eigenvalue weighted by atomic mass is 10.1. The molecule has 0 fully saturated rings. The van der Waals surface area contributed by atoms with Gasteiger partial charge in [-0.2, -0.15) is 5.26 Å². The average Bonchev–Trinajstić information content (AvgIpc) is 2.87. The van der Waals surface area contributed by atoms with Gasteiger partial charge in [0.15, 0.2) is 11.5 Å². The SMILES string of the molecule is N#Cc1ccc2c(c1)/C(=N\O)c1nc3cc(Cl)ccc3c(=O)n1-2. The fraction of sp³-hybridized carbons (Fsp3) is 0. The van der Waals surface area contributed by atoms with Crippen LogP contribution >= 0.6 is 11.6 Å². The summed E-state index contributed by atoms with van der Waals surface area (Å²) in [6.45, 7) is 0. The maximum absolute atomic E-state index is 12.8. The summed E-state index contributed by atoms with van der Waals surface area (Å²) in [5, 5.41) is 22.5. The standard InChI is InChI=1S/C16H7ClN4O2/c17-9-2-3-10-12(6-9)19-15-14(20-23)11-5-8(7-18)1-4-13(11)21(15)16(10)22/h1-6,23H/b20-14+. The molecule has 0 saturated carbocycles. The third-order valence-electron chi connectivity index (χ3n) is 3.76. The Kier molecular flexibility index (Phi) is 2.73.